The van der Waals surface area contributed by atoms with Gasteiger partial charge in [-0.15, -0.1) is 0 Å². The third kappa shape index (κ3) is 4.63. The van der Waals surface area contributed by atoms with Crippen LogP contribution in [-0.4, -0.2) is 49.9 Å². The van der Waals surface area contributed by atoms with E-state index in [1.165, 1.54) is 30.7 Å². The molecule has 29 heavy (non-hydrogen) atoms. The minimum Gasteiger partial charge on any atom is -0.444 e. The van der Waals surface area contributed by atoms with Crippen LogP contribution in [0.4, 0.5) is 10.3 Å². The molecule has 0 radical (unpaired) electrons. The van der Waals surface area contributed by atoms with Crippen molar-refractivity contribution in [3.05, 3.63) is 53.5 Å². The Kier molecular flexibility index (Phi) is 5.63. The fourth-order valence-electron chi connectivity index (χ4n) is 4.05. The molecule has 0 spiro atoms. The summed E-state index contributed by atoms with van der Waals surface area (Å²) in [6.07, 6.45) is 3.88. The van der Waals surface area contributed by atoms with Gasteiger partial charge < -0.3 is 14.2 Å². The summed E-state index contributed by atoms with van der Waals surface area (Å²) in [7, 11) is -3.16. The maximum Gasteiger partial charge on any atom is 0.254 e. The lowest BCUT2D eigenvalue weighted by atomic mass is 10.1. The van der Waals surface area contributed by atoms with Gasteiger partial charge >= 0.3 is 0 Å². The predicted molar refractivity (Wildman–Crippen MR) is 108 cm³/mol. The third-order valence-corrected chi connectivity index (χ3v) is 7.39. The van der Waals surface area contributed by atoms with Crippen LogP contribution >= 0.6 is 0 Å². The highest BCUT2D eigenvalue weighted by atomic mass is 32.2. The second-order valence-corrected chi connectivity index (χ2v) is 10.0. The molecule has 1 amide bonds. The molecule has 2 saturated heterocycles. The van der Waals surface area contributed by atoms with E-state index >= 15 is 0 Å². The molecule has 1 aromatic heterocycles. The largest absolute Gasteiger partial charge is 0.444 e. The average molecular weight is 421 g/mol. The van der Waals surface area contributed by atoms with Crippen molar-refractivity contribution in [3.8, 4) is 0 Å². The van der Waals surface area contributed by atoms with Gasteiger partial charge in [0, 0.05) is 30.8 Å². The van der Waals surface area contributed by atoms with Crippen molar-refractivity contribution in [3.63, 3.8) is 0 Å². The summed E-state index contributed by atoms with van der Waals surface area (Å²) >= 11 is 0. The molecule has 1 atom stereocenters. The van der Waals surface area contributed by atoms with Crippen molar-refractivity contribution in [2.24, 2.45) is 0 Å². The highest BCUT2D eigenvalue weighted by Crippen LogP contribution is 2.26. The molecule has 6 nitrogen and oxygen atoms in total. The van der Waals surface area contributed by atoms with Gasteiger partial charge in [-0.1, -0.05) is 0 Å². The average Bonchev–Trinajstić information content (AvgIpc) is 3.33. The van der Waals surface area contributed by atoms with E-state index in [0.29, 0.717) is 17.7 Å². The minimum atomic E-state index is -3.16. The summed E-state index contributed by atoms with van der Waals surface area (Å²) in [5.41, 5.74) is 0.332. The number of hydrogen-bond acceptors (Lipinski definition) is 5. The van der Waals surface area contributed by atoms with Crippen molar-refractivity contribution >= 4 is 21.6 Å². The Labute approximate surface area is 170 Å². The minimum absolute atomic E-state index is 0.0559. The van der Waals surface area contributed by atoms with Gasteiger partial charge in [-0.2, -0.15) is 0 Å². The molecule has 156 valence electrons. The summed E-state index contributed by atoms with van der Waals surface area (Å²) in [6, 6.07) is 8.66. The van der Waals surface area contributed by atoms with Gasteiger partial charge in [0.25, 0.3) is 5.91 Å². The molecule has 2 aliphatic rings. The van der Waals surface area contributed by atoms with Crippen LogP contribution in [0.25, 0.3) is 0 Å². The van der Waals surface area contributed by atoms with Crippen LogP contribution in [0.15, 0.2) is 40.8 Å². The lowest BCUT2D eigenvalue weighted by molar-refractivity contribution is 0.0666. The zero-order valence-electron chi connectivity index (χ0n) is 16.2. The van der Waals surface area contributed by atoms with Crippen LogP contribution in [0.3, 0.4) is 0 Å². The zero-order valence-corrected chi connectivity index (χ0v) is 17.0. The summed E-state index contributed by atoms with van der Waals surface area (Å²) < 4.78 is 43.2. The fourth-order valence-corrected chi connectivity index (χ4v) is 5.78. The molecular weight excluding hydrogens is 395 g/mol. The number of piperidine rings is 1. The highest BCUT2D eigenvalue weighted by Gasteiger charge is 2.35. The Hall–Kier alpha value is -2.35. The van der Waals surface area contributed by atoms with Crippen molar-refractivity contribution in [2.75, 3.05) is 29.5 Å². The van der Waals surface area contributed by atoms with Crippen molar-refractivity contribution in [1.82, 2.24) is 4.90 Å². The van der Waals surface area contributed by atoms with Gasteiger partial charge in [-0.25, -0.2) is 12.8 Å². The molecule has 0 bridgehead atoms. The Morgan fingerprint density at radius 3 is 2.48 bits per heavy atom. The van der Waals surface area contributed by atoms with Gasteiger partial charge in [-0.3, -0.25) is 4.79 Å². The number of rotatable bonds is 5. The van der Waals surface area contributed by atoms with E-state index in [0.717, 1.165) is 31.8 Å². The first-order chi connectivity index (χ1) is 13.9. The first-order valence-electron chi connectivity index (χ1n) is 10.0. The summed E-state index contributed by atoms with van der Waals surface area (Å²) in [5, 5.41) is 0. The summed E-state index contributed by atoms with van der Waals surface area (Å²) in [4.78, 5) is 16.9. The molecule has 0 saturated carbocycles. The molecule has 3 heterocycles. The van der Waals surface area contributed by atoms with E-state index in [1.54, 1.807) is 4.90 Å². The van der Waals surface area contributed by atoms with E-state index in [9.17, 15) is 17.6 Å². The van der Waals surface area contributed by atoms with Gasteiger partial charge in [0.05, 0.1) is 18.1 Å². The Balaban J connectivity index is 1.56. The fraction of sp³-hybridized carbons (Fsp3) is 0.476. The van der Waals surface area contributed by atoms with Crippen molar-refractivity contribution in [2.45, 2.75) is 38.3 Å². The maximum atomic E-state index is 13.3. The number of carbonyl (C=O) groups is 1. The van der Waals surface area contributed by atoms with Gasteiger partial charge in [0.1, 0.15) is 11.6 Å². The third-order valence-electron chi connectivity index (χ3n) is 5.64. The molecule has 2 aromatic rings. The van der Waals surface area contributed by atoms with Crippen molar-refractivity contribution in [1.29, 1.82) is 0 Å². The van der Waals surface area contributed by atoms with E-state index < -0.39 is 21.7 Å². The first-order valence-corrected chi connectivity index (χ1v) is 11.8. The van der Waals surface area contributed by atoms with Gasteiger partial charge in [0.2, 0.25) is 0 Å². The van der Waals surface area contributed by atoms with Crippen molar-refractivity contribution < 1.29 is 22.0 Å². The number of furan rings is 1. The number of anilines is 1. The SMILES string of the molecule is O=C(c1ccc(F)cc1)N(Cc1ccc(N2CCCCC2)o1)C1CCS(=O)(=O)C1. The van der Waals surface area contributed by atoms with Crippen LogP contribution in [-0.2, 0) is 16.4 Å². The van der Waals surface area contributed by atoms with Crippen LogP contribution in [0.1, 0.15) is 41.8 Å². The molecule has 0 N–H and O–H groups in total. The molecule has 2 aliphatic heterocycles. The number of halogens is 1. The van der Waals surface area contributed by atoms with Crippen LogP contribution in [0.2, 0.25) is 0 Å². The van der Waals surface area contributed by atoms with Crippen LogP contribution in [0, 0.1) is 5.82 Å². The second kappa shape index (κ2) is 8.18. The zero-order chi connectivity index (χ0) is 20.4. The smallest absolute Gasteiger partial charge is 0.254 e. The molecule has 4 rings (SSSR count). The quantitative estimate of drug-likeness (QED) is 0.743. The maximum absolute atomic E-state index is 13.3. The van der Waals surface area contributed by atoms with E-state index in [2.05, 4.69) is 4.90 Å². The topological polar surface area (TPSA) is 70.8 Å². The molecule has 1 unspecified atom stereocenters. The summed E-state index contributed by atoms with van der Waals surface area (Å²) in [6.45, 7) is 2.09. The number of sulfone groups is 1. The number of hydrogen-bond donors (Lipinski definition) is 0. The first kappa shape index (κ1) is 19.9. The summed E-state index contributed by atoms with van der Waals surface area (Å²) in [5.74, 6) is 0.678. The normalized spacial score (nSPS) is 21.3. The van der Waals surface area contributed by atoms with Crippen LogP contribution in [0.5, 0.6) is 0 Å². The second-order valence-electron chi connectivity index (χ2n) is 7.78. The molecule has 1 aromatic carbocycles. The Morgan fingerprint density at radius 2 is 1.83 bits per heavy atom. The Bertz CT molecular complexity index is 965. The lowest BCUT2D eigenvalue weighted by Crippen LogP contribution is -2.40. The number of benzene rings is 1. The van der Waals surface area contributed by atoms with E-state index in [-0.39, 0.29) is 24.0 Å². The van der Waals surface area contributed by atoms with Gasteiger partial charge in [-0.05, 0) is 56.0 Å². The van der Waals surface area contributed by atoms with Gasteiger partial charge in [0.15, 0.2) is 15.7 Å². The number of nitrogens with zero attached hydrogens (tertiary/aromatic N) is 2. The lowest BCUT2D eigenvalue weighted by Gasteiger charge is -2.28. The van der Waals surface area contributed by atoms with E-state index in [1.807, 2.05) is 12.1 Å². The monoisotopic (exact) mass is 420 g/mol. The molecule has 2 fully saturated rings. The molecule has 8 heteroatoms. The molecule has 0 aliphatic carbocycles. The predicted octanol–water partition coefficient (Wildman–Crippen LogP) is 3.24. The standard InChI is InChI=1S/C21H25FN2O4S/c22-17-6-4-16(5-7-17)21(25)24(18-10-13-29(26,27)15-18)14-19-8-9-20(28-19)23-11-2-1-3-12-23/h4-9,18H,1-3,10-15H2. The Morgan fingerprint density at radius 1 is 1.10 bits per heavy atom. The van der Waals surface area contributed by atoms with E-state index in [4.69, 9.17) is 4.42 Å². The number of amides is 1. The van der Waals surface area contributed by atoms with Crippen LogP contribution < -0.4 is 4.90 Å². The highest BCUT2D eigenvalue weighted by molar-refractivity contribution is 7.91. The molecular formula is C21H25FN2O4S. The number of carbonyl (C=O) groups excluding carboxylic acids is 1.